The molecule has 1 heterocycles. The maximum atomic E-state index is 13.3. The van der Waals surface area contributed by atoms with Gasteiger partial charge in [-0.1, -0.05) is 11.6 Å². The van der Waals surface area contributed by atoms with E-state index in [0.29, 0.717) is 12.1 Å². The molecule has 0 bridgehead atoms. The molecule has 1 aromatic heterocycles. The van der Waals surface area contributed by atoms with Crippen LogP contribution in [0, 0.1) is 5.82 Å². The van der Waals surface area contributed by atoms with Gasteiger partial charge in [-0.25, -0.2) is 4.39 Å². The van der Waals surface area contributed by atoms with Crippen molar-refractivity contribution in [3.8, 4) is 0 Å². The molecule has 80 valence electrons. The van der Waals surface area contributed by atoms with Gasteiger partial charge in [-0.2, -0.15) is 0 Å². The second-order valence-electron chi connectivity index (χ2n) is 3.74. The minimum atomic E-state index is -0.395. The fraction of sp³-hybridized carbons (Fsp3) is 0.273. The first-order valence-corrected chi connectivity index (χ1v) is 5.16. The van der Waals surface area contributed by atoms with E-state index in [-0.39, 0.29) is 11.1 Å². The fourth-order valence-electron chi connectivity index (χ4n) is 1.69. The highest BCUT2D eigenvalue weighted by Gasteiger charge is 2.10. The molecule has 0 aliphatic rings. The van der Waals surface area contributed by atoms with Crippen molar-refractivity contribution < 1.29 is 4.39 Å². The van der Waals surface area contributed by atoms with E-state index in [4.69, 9.17) is 17.3 Å². The van der Waals surface area contributed by atoms with Crippen molar-refractivity contribution in [3.63, 3.8) is 0 Å². The molecule has 0 radical (unpaired) electrons. The number of nitrogens with zero attached hydrogens (tertiary/aromatic N) is 1. The summed E-state index contributed by atoms with van der Waals surface area (Å²) in [5.74, 6) is -0.395. The van der Waals surface area contributed by atoms with E-state index >= 15 is 0 Å². The summed E-state index contributed by atoms with van der Waals surface area (Å²) in [5, 5.41) is 1.10. The average molecular weight is 227 g/mol. The highest BCUT2D eigenvalue weighted by Crippen LogP contribution is 2.27. The molecule has 2 N–H and O–H groups in total. The molecule has 15 heavy (non-hydrogen) atoms. The van der Waals surface area contributed by atoms with E-state index < -0.39 is 5.82 Å². The zero-order valence-corrected chi connectivity index (χ0v) is 9.13. The van der Waals surface area contributed by atoms with Crippen LogP contribution >= 0.6 is 11.6 Å². The van der Waals surface area contributed by atoms with Crippen molar-refractivity contribution in [2.24, 2.45) is 5.73 Å². The summed E-state index contributed by atoms with van der Waals surface area (Å²) in [7, 11) is 0. The standard InChI is InChI=1S/C11H12ClFN2/c1-7(14)6-15-5-4-8-2-3-9(13)10(12)11(8)15/h2-5,7H,6,14H2,1H3/t7-/m1/s1. The predicted molar refractivity (Wildman–Crippen MR) is 60.6 cm³/mol. The minimum Gasteiger partial charge on any atom is -0.345 e. The summed E-state index contributed by atoms with van der Waals surface area (Å²) in [6, 6.07) is 5.01. The van der Waals surface area contributed by atoms with Gasteiger partial charge in [0, 0.05) is 24.2 Å². The Balaban J connectivity index is 2.61. The van der Waals surface area contributed by atoms with E-state index in [0.717, 1.165) is 5.39 Å². The van der Waals surface area contributed by atoms with Crippen LogP contribution in [-0.4, -0.2) is 10.6 Å². The molecule has 1 atom stereocenters. The fourth-order valence-corrected chi connectivity index (χ4v) is 1.97. The number of rotatable bonds is 2. The first kappa shape index (κ1) is 10.5. The summed E-state index contributed by atoms with van der Waals surface area (Å²) >= 11 is 5.92. The molecule has 0 unspecified atom stereocenters. The Kier molecular flexibility index (Phi) is 2.67. The van der Waals surface area contributed by atoms with Crippen molar-refractivity contribution in [1.29, 1.82) is 0 Å². The first-order valence-electron chi connectivity index (χ1n) is 4.78. The molecule has 0 spiro atoms. The molecule has 0 amide bonds. The Morgan fingerprint density at radius 2 is 2.20 bits per heavy atom. The van der Waals surface area contributed by atoms with Gasteiger partial charge < -0.3 is 10.3 Å². The number of fused-ring (bicyclic) bond motifs is 1. The van der Waals surface area contributed by atoms with Crippen LogP contribution in [0.15, 0.2) is 24.4 Å². The normalized spacial score (nSPS) is 13.3. The molecule has 4 heteroatoms. The Morgan fingerprint density at radius 3 is 2.87 bits per heavy atom. The second-order valence-corrected chi connectivity index (χ2v) is 4.12. The van der Waals surface area contributed by atoms with E-state index in [1.807, 2.05) is 23.8 Å². The molecule has 1 aromatic carbocycles. The zero-order chi connectivity index (χ0) is 11.0. The van der Waals surface area contributed by atoms with Gasteiger partial charge in [0.2, 0.25) is 0 Å². The minimum absolute atomic E-state index is 0.0138. The summed E-state index contributed by atoms with van der Waals surface area (Å²) in [5.41, 5.74) is 6.42. The summed E-state index contributed by atoms with van der Waals surface area (Å²) in [6.45, 7) is 2.53. The lowest BCUT2D eigenvalue weighted by atomic mass is 10.2. The Hall–Kier alpha value is -1.06. The van der Waals surface area contributed by atoms with Crippen molar-refractivity contribution >= 4 is 22.5 Å². The molecular weight excluding hydrogens is 215 g/mol. The third kappa shape index (κ3) is 1.85. The maximum Gasteiger partial charge on any atom is 0.143 e. The van der Waals surface area contributed by atoms with Gasteiger partial charge in [0.1, 0.15) is 10.8 Å². The quantitative estimate of drug-likeness (QED) is 0.839. The predicted octanol–water partition coefficient (Wildman–Crippen LogP) is 2.78. The largest absolute Gasteiger partial charge is 0.345 e. The van der Waals surface area contributed by atoms with Crippen LogP contribution in [0.25, 0.3) is 10.9 Å². The lowest BCUT2D eigenvalue weighted by Crippen LogP contribution is -2.21. The number of hydrogen-bond donors (Lipinski definition) is 1. The van der Waals surface area contributed by atoms with Gasteiger partial charge in [-0.15, -0.1) is 0 Å². The Morgan fingerprint density at radius 1 is 1.47 bits per heavy atom. The number of benzene rings is 1. The molecule has 2 nitrogen and oxygen atoms in total. The van der Waals surface area contributed by atoms with Gasteiger partial charge >= 0.3 is 0 Å². The molecule has 0 aliphatic heterocycles. The number of nitrogens with two attached hydrogens (primary N) is 1. The Bertz CT molecular complexity index is 491. The highest BCUT2D eigenvalue weighted by atomic mass is 35.5. The number of hydrogen-bond acceptors (Lipinski definition) is 1. The van der Waals surface area contributed by atoms with Crippen LogP contribution in [0.1, 0.15) is 6.92 Å². The summed E-state index contributed by atoms with van der Waals surface area (Å²) < 4.78 is 15.1. The molecule has 0 fully saturated rings. The number of halogens is 2. The van der Waals surface area contributed by atoms with Crippen LogP contribution in [0.5, 0.6) is 0 Å². The molecular formula is C11H12ClFN2. The SMILES string of the molecule is C[C@@H](N)Cn1ccc2ccc(F)c(Cl)c21. The zero-order valence-electron chi connectivity index (χ0n) is 8.37. The highest BCUT2D eigenvalue weighted by molar-refractivity contribution is 6.35. The monoisotopic (exact) mass is 226 g/mol. The smallest absolute Gasteiger partial charge is 0.143 e. The lowest BCUT2D eigenvalue weighted by Gasteiger charge is -2.09. The first-order chi connectivity index (χ1) is 7.09. The maximum absolute atomic E-state index is 13.3. The van der Waals surface area contributed by atoms with Gasteiger partial charge in [0.15, 0.2) is 0 Å². The number of aromatic nitrogens is 1. The van der Waals surface area contributed by atoms with Crippen molar-refractivity contribution in [1.82, 2.24) is 4.57 Å². The third-order valence-electron chi connectivity index (χ3n) is 2.31. The van der Waals surface area contributed by atoms with Crippen LogP contribution < -0.4 is 5.73 Å². The van der Waals surface area contributed by atoms with Gasteiger partial charge in [0.25, 0.3) is 0 Å². The Labute approximate surface area is 92.4 Å². The topological polar surface area (TPSA) is 30.9 Å². The van der Waals surface area contributed by atoms with E-state index in [2.05, 4.69) is 0 Å². The van der Waals surface area contributed by atoms with Crippen LogP contribution in [-0.2, 0) is 6.54 Å². The molecule has 2 rings (SSSR count). The second kappa shape index (κ2) is 3.83. The van der Waals surface area contributed by atoms with Gasteiger partial charge in [-0.3, -0.25) is 0 Å². The summed E-state index contributed by atoms with van der Waals surface area (Å²) in [4.78, 5) is 0. The van der Waals surface area contributed by atoms with Crippen molar-refractivity contribution in [3.05, 3.63) is 35.2 Å². The van der Waals surface area contributed by atoms with Crippen molar-refractivity contribution in [2.45, 2.75) is 19.5 Å². The third-order valence-corrected chi connectivity index (χ3v) is 2.67. The van der Waals surface area contributed by atoms with Crippen LogP contribution in [0.3, 0.4) is 0 Å². The van der Waals surface area contributed by atoms with E-state index in [9.17, 15) is 4.39 Å². The van der Waals surface area contributed by atoms with Gasteiger partial charge in [0.05, 0.1) is 5.52 Å². The molecule has 0 saturated heterocycles. The summed E-state index contributed by atoms with van der Waals surface area (Å²) in [6.07, 6.45) is 1.87. The van der Waals surface area contributed by atoms with Crippen molar-refractivity contribution in [2.75, 3.05) is 0 Å². The molecule has 2 aromatic rings. The van der Waals surface area contributed by atoms with Gasteiger partial charge in [-0.05, 0) is 25.1 Å². The molecule has 0 aliphatic carbocycles. The van der Waals surface area contributed by atoms with E-state index in [1.165, 1.54) is 6.07 Å². The van der Waals surface area contributed by atoms with E-state index in [1.54, 1.807) is 6.07 Å². The molecule has 0 saturated carbocycles. The van der Waals surface area contributed by atoms with Crippen LogP contribution in [0.2, 0.25) is 5.02 Å². The lowest BCUT2D eigenvalue weighted by molar-refractivity contribution is 0.600. The average Bonchev–Trinajstić information content (AvgIpc) is 2.55. The van der Waals surface area contributed by atoms with Crippen LogP contribution in [0.4, 0.5) is 4.39 Å².